The van der Waals surface area contributed by atoms with Crippen LogP contribution >= 0.6 is 11.3 Å². The molecule has 1 aromatic heterocycles. The van der Waals surface area contributed by atoms with E-state index in [9.17, 15) is 4.79 Å². The van der Waals surface area contributed by atoms with E-state index in [0.717, 1.165) is 32.5 Å². The summed E-state index contributed by atoms with van der Waals surface area (Å²) in [5.41, 5.74) is 1.34. The Balaban J connectivity index is 1.89. The van der Waals surface area contributed by atoms with Crippen molar-refractivity contribution in [3.05, 3.63) is 22.4 Å². The van der Waals surface area contributed by atoms with Gasteiger partial charge in [-0.2, -0.15) is 11.3 Å². The first-order valence-corrected chi connectivity index (χ1v) is 6.55. The van der Waals surface area contributed by atoms with Gasteiger partial charge in [0, 0.05) is 13.1 Å². The summed E-state index contributed by atoms with van der Waals surface area (Å²) in [6.07, 6.45) is 2.05. The van der Waals surface area contributed by atoms with Crippen LogP contribution in [0.1, 0.15) is 18.4 Å². The number of carbonyl (C=O) groups is 1. The summed E-state index contributed by atoms with van der Waals surface area (Å²) in [5, 5.41) is 4.26. The number of hydrogen-bond acceptors (Lipinski definition) is 4. The minimum Gasteiger partial charge on any atom is -0.469 e. The smallest absolute Gasteiger partial charge is 0.309 e. The first kappa shape index (κ1) is 11.6. The quantitative estimate of drug-likeness (QED) is 0.757. The van der Waals surface area contributed by atoms with E-state index in [4.69, 9.17) is 4.74 Å². The second-order valence-corrected chi connectivity index (χ2v) is 5.01. The zero-order chi connectivity index (χ0) is 11.4. The van der Waals surface area contributed by atoms with Crippen molar-refractivity contribution in [3.8, 4) is 0 Å². The van der Waals surface area contributed by atoms with Crippen LogP contribution in [-0.2, 0) is 16.1 Å². The minimum atomic E-state index is -0.0602. The first-order chi connectivity index (χ1) is 7.79. The van der Waals surface area contributed by atoms with Crippen molar-refractivity contribution in [2.75, 3.05) is 20.2 Å². The van der Waals surface area contributed by atoms with Crippen molar-refractivity contribution in [2.24, 2.45) is 5.92 Å². The largest absolute Gasteiger partial charge is 0.469 e. The average Bonchev–Trinajstić information content (AvgIpc) is 2.81. The number of ether oxygens (including phenoxy) is 1. The van der Waals surface area contributed by atoms with E-state index in [1.165, 1.54) is 12.7 Å². The molecule has 0 bridgehead atoms. The molecule has 3 nitrogen and oxygen atoms in total. The highest BCUT2D eigenvalue weighted by Gasteiger charge is 2.26. The topological polar surface area (TPSA) is 29.5 Å². The molecule has 0 radical (unpaired) electrons. The third-order valence-electron chi connectivity index (χ3n) is 3.03. The number of esters is 1. The van der Waals surface area contributed by atoms with Crippen molar-refractivity contribution in [1.82, 2.24) is 4.90 Å². The molecule has 0 aliphatic carbocycles. The summed E-state index contributed by atoms with van der Waals surface area (Å²) in [6, 6.07) is 2.15. The second kappa shape index (κ2) is 5.46. The zero-order valence-electron chi connectivity index (χ0n) is 9.52. The number of rotatable bonds is 3. The molecule has 1 saturated heterocycles. The molecular formula is C12H17NO2S. The van der Waals surface area contributed by atoms with E-state index in [0.29, 0.717) is 0 Å². The van der Waals surface area contributed by atoms with Gasteiger partial charge in [-0.3, -0.25) is 9.69 Å². The van der Waals surface area contributed by atoms with Gasteiger partial charge in [0.1, 0.15) is 0 Å². The van der Waals surface area contributed by atoms with Gasteiger partial charge in [0.2, 0.25) is 0 Å². The number of methoxy groups -OCH3 is 1. The van der Waals surface area contributed by atoms with Crippen LogP contribution in [-0.4, -0.2) is 31.1 Å². The molecule has 88 valence electrons. The van der Waals surface area contributed by atoms with Crippen molar-refractivity contribution < 1.29 is 9.53 Å². The van der Waals surface area contributed by atoms with Crippen molar-refractivity contribution in [2.45, 2.75) is 19.4 Å². The van der Waals surface area contributed by atoms with E-state index in [1.807, 2.05) is 0 Å². The lowest BCUT2D eigenvalue weighted by molar-refractivity contribution is -0.147. The molecule has 0 N–H and O–H groups in total. The highest BCUT2D eigenvalue weighted by Crippen LogP contribution is 2.20. The lowest BCUT2D eigenvalue weighted by Gasteiger charge is -2.30. The number of carbonyl (C=O) groups excluding carboxylic acids is 1. The molecule has 1 fully saturated rings. The Labute approximate surface area is 100 Å². The number of nitrogens with zero attached hydrogens (tertiary/aromatic N) is 1. The van der Waals surface area contributed by atoms with Crippen LogP contribution in [0, 0.1) is 5.92 Å². The summed E-state index contributed by atoms with van der Waals surface area (Å²) in [4.78, 5) is 13.8. The average molecular weight is 239 g/mol. The maximum absolute atomic E-state index is 11.5. The van der Waals surface area contributed by atoms with Crippen LogP contribution in [0.3, 0.4) is 0 Å². The molecule has 2 heterocycles. The van der Waals surface area contributed by atoms with Gasteiger partial charge in [-0.1, -0.05) is 0 Å². The van der Waals surface area contributed by atoms with Crippen molar-refractivity contribution >= 4 is 17.3 Å². The third-order valence-corrected chi connectivity index (χ3v) is 3.76. The van der Waals surface area contributed by atoms with Gasteiger partial charge in [-0.25, -0.2) is 0 Å². The molecule has 1 aliphatic heterocycles. The summed E-state index contributed by atoms with van der Waals surface area (Å²) in [5.74, 6) is 0.00686. The Morgan fingerprint density at radius 1 is 1.69 bits per heavy atom. The first-order valence-electron chi connectivity index (χ1n) is 5.61. The van der Waals surface area contributed by atoms with Gasteiger partial charge in [0.25, 0.3) is 0 Å². The van der Waals surface area contributed by atoms with Crippen LogP contribution in [0.25, 0.3) is 0 Å². The van der Waals surface area contributed by atoms with Gasteiger partial charge < -0.3 is 4.74 Å². The molecule has 1 atom stereocenters. The Kier molecular flexibility index (Phi) is 3.96. The summed E-state index contributed by atoms with van der Waals surface area (Å²) >= 11 is 1.72. The lowest BCUT2D eigenvalue weighted by atomic mass is 9.98. The molecule has 0 aromatic carbocycles. The summed E-state index contributed by atoms with van der Waals surface area (Å²) < 4.78 is 4.81. The molecule has 4 heteroatoms. The van der Waals surface area contributed by atoms with Gasteiger partial charge in [-0.05, 0) is 41.8 Å². The second-order valence-electron chi connectivity index (χ2n) is 4.23. The maximum Gasteiger partial charge on any atom is 0.309 e. The Hall–Kier alpha value is -0.870. The molecule has 0 amide bonds. The van der Waals surface area contributed by atoms with Crippen LogP contribution in [0.4, 0.5) is 0 Å². The monoisotopic (exact) mass is 239 g/mol. The number of hydrogen-bond donors (Lipinski definition) is 0. The lowest BCUT2D eigenvalue weighted by Crippen LogP contribution is -2.38. The third kappa shape index (κ3) is 2.83. The molecule has 0 saturated carbocycles. The number of likely N-dealkylation sites (tertiary alicyclic amines) is 1. The van der Waals surface area contributed by atoms with Gasteiger partial charge in [0.05, 0.1) is 13.0 Å². The van der Waals surface area contributed by atoms with E-state index in [-0.39, 0.29) is 11.9 Å². The summed E-state index contributed by atoms with van der Waals surface area (Å²) in [7, 11) is 1.47. The van der Waals surface area contributed by atoms with Crippen LogP contribution in [0.5, 0.6) is 0 Å². The SMILES string of the molecule is COC(=O)[C@H]1CCCN(Cc2ccsc2)C1. The normalized spacial score (nSPS) is 21.9. The van der Waals surface area contributed by atoms with Gasteiger partial charge in [0.15, 0.2) is 0 Å². The molecule has 1 aliphatic rings. The fourth-order valence-corrected chi connectivity index (χ4v) is 2.86. The Morgan fingerprint density at radius 3 is 3.25 bits per heavy atom. The van der Waals surface area contributed by atoms with E-state index >= 15 is 0 Å². The van der Waals surface area contributed by atoms with Crippen LogP contribution in [0.15, 0.2) is 16.8 Å². The molecule has 16 heavy (non-hydrogen) atoms. The van der Waals surface area contributed by atoms with Crippen LogP contribution < -0.4 is 0 Å². The number of piperidine rings is 1. The highest BCUT2D eigenvalue weighted by molar-refractivity contribution is 7.07. The Bertz CT molecular complexity index is 337. The predicted molar refractivity (Wildman–Crippen MR) is 64.3 cm³/mol. The number of thiophene rings is 1. The van der Waals surface area contributed by atoms with E-state index in [1.54, 1.807) is 11.3 Å². The minimum absolute atomic E-state index is 0.0602. The predicted octanol–water partition coefficient (Wildman–Crippen LogP) is 2.13. The van der Waals surface area contributed by atoms with Crippen molar-refractivity contribution in [1.29, 1.82) is 0 Å². The van der Waals surface area contributed by atoms with Gasteiger partial charge in [-0.15, -0.1) is 0 Å². The van der Waals surface area contributed by atoms with Gasteiger partial charge >= 0.3 is 5.97 Å². The fourth-order valence-electron chi connectivity index (χ4n) is 2.20. The zero-order valence-corrected chi connectivity index (χ0v) is 10.3. The summed E-state index contributed by atoms with van der Waals surface area (Å²) in [6.45, 7) is 2.88. The molecule has 1 aromatic rings. The van der Waals surface area contributed by atoms with Crippen molar-refractivity contribution in [3.63, 3.8) is 0 Å². The van der Waals surface area contributed by atoms with Crippen LogP contribution in [0.2, 0.25) is 0 Å². The Morgan fingerprint density at radius 2 is 2.56 bits per heavy atom. The highest BCUT2D eigenvalue weighted by atomic mass is 32.1. The van der Waals surface area contributed by atoms with E-state index in [2.05, 4.69) is 21.7 Å². The molecule has 0 unspecified atom stereocenters. The molecule has 2 rings (SSSR count). The molecular weight excluding hydrogens is 222 g/mol. The maximum atomic E-state index is 11.5. The van der Waals surface area contributed by atoms with E-state index < -0.39 is 0 Å². The standard InChI is InChI=1S/C12H17NO2S/c1-15-12(14)11-3-2-5-13(8-11)7-10-4-6-16-9-10/h4,6,9,11H,2-3,5,7-8H2,1H3/t11-/m0/s1. The molecule has 0 spiro atoms. The fraction of sp³-hybridized carbons (Fsp3) is 0.583.